The molecule has 1 aliphatic rings. The van der Waals surface area contributed by atoms with Gasteiger partial charge in [-0.2, -0.15) is 0 Å². The highest BCUT2D eigenvalue weighted by molar-refractivity contribution is 9.10. The predicted octanol–water partition coefficient (Wildman–Crippen LogP) is 4.68. The molecule has 0 bridgehead atoms. The summed E-state index contributed by atoms with van der Waals surface area (Å²) in [7, 11) is 0. The molecule has 0 amide bonds. The first kappa shape index (κ1) is 13.1. The zero-order valence-electron chi connectivity index (χ0n) is 11.2. The van der Waals surface area contributed by atoms with Crippen molar-refractivity contribution in [3.8, 4) is 0 Å². The summed E-state index contributed by atoms with van der Waals surface area (Å²) in [5, 5.41) is 6.31. The second-order valence-corrected chi connectivity index (χ2v) is 6.29. The Morgan fingerprint density at radius 1 is 1.00 bits per heavy atom. The average Bonchev–Trinajstić information content (AvgIpc) is 3.25. The van der Waals surface area contributed by atoms with E-state index >= 15 is 0 Å². The van der Waals surface area contributed by atoms with Gasteiger partial charge in [0, 0.05) is 10.5 Å². The molecule has 2 aromatic carbocycles. The van der Waals surface area contributed by atoms with E-state index in [9.17, 15) is 0 Å². The Bertz CT molecular complexity index is 560. The summed E-state index contributed by atoms with van der Waals surface area (Å²) in [4.78, 5) is 0. The average molecular weight is 318 g/mol. The van der Waals surface area contributed by atoms with Crippen molar-refractivity contribution in [3.63, 3.8) is 0 Å². The fraction of sp³-hybridized carbons (Fsp3) is 0.412. The van der Waals surface area contributed by atoms with E-state index in [0.29, 0.717) is 0 Å². The molecule has 0 unspecified atom stereocenters. The Labute approximate surface area is 123 Å². The van der Waals surface area contributed by atoms with E-state index in [1.165, 1.54) is 59.5 Å². The number of aryl methyl sites for hydroxylation is 1. The molecule has 1 N–H and O–H groups in total. The van der Waals surface area contributed by atoms with Crippen LogP contribution in [0.15, 0.2) is 40.9 Å². The maximum Gasteiger partial charge on any atom is 0.0253 e. The van der Waals surface area contributed by atoms with E-state index in [4.69, 9.17) is 0 Å². The number of rotatable bonds is 6. The van der Waals surface area contributed by atoms with Crippen molar-refractivity contribution in [2.45, 2.75) is 38.1 Å². The van der Waals surface area contributed by atoms with Crippen LogP contribution in [0.3, 0.4) is 0 Å². The van der Waals surface area contributed by atoms with E-state index < -0.39 is 0 Å². The third-order valence-electron chi connectivity index (χ3n) is 3.84. The molecule has 0 spiro atoms. The van der Waals surface area contributed by atoms with Gasteiger partial charge in [0.1, 0.15) is 0 Å². The number of fused-ring (bicyclic) bond motifs is 1. The lowest BCUT2D eigenvalue weighted by atomic mass is 10.0. The normalized spacial score (nSPS) is 15.0. The topological polar surface area (TPSA) is 12.0 Å². The van der Waals surface area contributed by atoms with Crippen LogP contribution in [-0.2, 0) is 6.42 Å². The van der Waals surface area contributed by atoms with Gasteiger partial charge < -0.3 is 5.32 Å². The van der Waals surface area contributed by atoms with Gasteiger partial charge in [-0.1, -0.05) is 46.3 Å². The highest BCUT2D eigenvalue weighted by Crippen LogP contribution is 2.27. The fourth-order valence-corrected chi connectivity index (χ4v) is 3.05. The predicted molar refractivity (Wildman–Crippen MR) is 85.6 cm³/mol. The molecule has 0 atom stereocenters. The number of hydrogen-bond acceptors (Lipinski definition) is 1. The zero-order chi connectivity index (χ0) is 13.1. The molecule has 0 radical (unpaired) electrons. The summed E-state index contributed by atoms with van der Waals surface area (Å²) in [6, 6.07) is 14.0. The first-order valence-electron chi connectivity index (χ1n) is 7.24. The Hall–Kier alpha value is -0.860. The van der Waals surface area contributed by atoms with E-state index in [1.54, 1.807) is 0 Å². The largest absolute Gasteiger partial charge is 0.314 e. The molecule has 19 heavy (non-hydrogen) atoms. The molecule has 0 aliphatic heterocycles. The minimum absolute atomic E-state index is 0.841. The van der Waals surface area contributed by atoms with Gasteiger partial charge in [0.2, 0.25) is 0 Å². The van der Waals surface area contributed by atoms with E-state index in [1.807, 2.05) is 0 Å². The molecular formula is C17H20BrN. The van der Waals surface area contributed by atoms with Crippen LogP contribution >= 0.6 is 15.9 Å². The number of halogens is 1. The second-order valence-electron chi connectivity index (χ2n) is 5.44. The molecular weight excluding hydrogens is 298 g/mol. The zero-order valence-corrected chi connectivity index (χ0v) is 12.7. The lowest BCUT2D eigenvalue weighted by Crippen LogP contribution is -2.17. The molecule has 2 aromatic rings. The van der Waals surface area contributed by atoms with Crippen LogP contribution in [0.4, 0.5) is 0 Å². The quantitative estimate of drug-likeness (QED) is 0.763. The van der Waals surface area contributed by atoms with Crippen molar-refractivity contribution in [3.05, 3.63) is 46.4 Å². The van der Waals surface area contributed by atoms with Gasteiger partial charge in [-0.05, 0) is 61.1 Å². The summed E-state index contributed by atoms with van der Waals surface area (Å²) in [6.45, 7) is 1.18. The van der Waals surface area contributed by atoms with Crippen molar-refractivity contribution < 1.29 is 0 Å². The smallest absolute Gasteiger partial charge is 0.0253 e. The molecule has 3 rings (SSSR count). The van der Waals surface area contributed by atoms with Crippen LogP contribution in [0.5, 0.6) is 0 Å². The molecule has 100 valence electrons. The number of unbranched alkanes of at least 4 members (excludes halogenated alkanes) is 1. The van der Waals surface area contributed by atoms with Crippen molar-refractivity contribution in [1.29, 1.82) is 0 Å². The maximum absolute atomic E-state index is 3.64. The van der Waals surface area contributed by atoms with Crippen LogP contribution in [0, 0.1) is 0 Å². The van der Waals surface area contributed by atoms with E-state index in [2.05, 4.69) is 57.6 Å². The summed E-state index contributed by atoms with van der Waals surface area (Å²) in [6.07, 6.45) is 6.50. The Kier molecular flexibility index (Phi) is 4.19. The van der Waals surface area contributed by atoms with E-state index in [0.717, 1.165) is 6.04 Å². The number of hydrogen-bond donors (Lipinski definition) is 1. The minimum atomic E-state index is 0.841. The summed E-state index contributed by atoms with van der Waals surface area (Å²) < 4.78 is 1.20. The first-order valence-corrected chi connectivity index (χ1v) is 8.03. The Balaban J connectivity index is 1.61. The summed E-state index contributed by atoms with van der Waals surface area (Å²) in [5.74, 6) is 0. The van der Waals surface area contributed by atoms with Gasteiger partial charge in [-0.15, -0.1) is 0 Å². The molecule has 0 saturated heterocycles. The molecule has 1 aliphatic carbocycles. The van der Waals surface area contributed by atoms with E-state index in [-0.39, 0.29) is 0 Å². The van der Waals surface area contributed by atoms with Crippen LogP contribution in [0.1, 0.15) is 31.2 Å². The van der Waals surface area contributed by atoms with Gasteiger partial charge in [0.25, 0.3) is 0 Å². The van der Waals surface area contributed by atoms with Crippen molar-refractivity contribution in [2.24, 2.45) is 0 Å². The highest BCUT2D eigenvalue weighted by atomic mass is 79.9. The summed E-state index contributed by atoms with van der Waals surface area (Å²) >= 11 is 3.64. The monoisotopic (exact) mass is 317 g/mol. The van der Waals surface area contributed by atoms with Crippen molar-refractivity contribution in [2.75, 3.05) is 6.54 Å². The molecule has 0 heterocycles. The summed E-state index contributed by atoms with van der Waals surface area (Å²) in [5.41, 5.74) is 1.48. The van der Waals surface area contributed by atoms with Gasteiger partial charge >= 0.3 is 0 Å². The van der Waals surface area contributed by atoms with Crippen LogP contribution in [0.2, 0.25) is 0 Å². The van der Waals surface area contributed by atoms with Gasteiger partial charge in [-0.25, -0.2) is 0 Å². The highest BCUT2D eigenvalue weighted by Gasteiger charge is 2.19. The third-order valence-corrected chi connectivity index (χ3v) is 4.54. The molecule has 2 heteroatoms. The van der Waals surface area contributed by atoms with Crippen LogP contribution in [-0.4, -0.2) is 12.6 Å². The van der Waals surface area contributed by atoms with Gasteiger partial charge in [-0.3, -0.25) is 0 Å². The molecule has 1 nitrogen and oxygen atoms in total. The standard InChI is InChI=1S/C17H20BrN/c18-17-11-8-13(15-6-1-2-7-16(15)17)5-3-4-12-19-14-9-10-14/h1-2,6-8,11,14,19H,3-5,9-10,12H2. The minimum Gasteiger partial charge on any atom is -0.314 e. The van der Waals surface area contributed by atoms with Gasteiger partial charge in [0.15, 0.2) is 0 Å². The molecule has 0 aromatic heterocycles. The third kappa shape index (κ3) is 3.37. The molecule has 1 saturated carbocycles. The Morgan fingerprint density at radius 2 is 1.79 bits per heavy atom. The SMILES string of the molecule is Brc1ccc(CCCCNC2CC2)c2ccccc12. The van der Waals surface area contributed by atoms with Crippen LogP contribution in [0.25, 0.3) is 10.8 Å². The maximum atomic E-state index is 3.64. The van der Waals surface area contributed by atoms with Crippen molar-refractivity contribution in [1.82, 2.24) is 5.32 Å². The lowest BCUT2D eigenvalue weighted by molar-refractivity contribution is 0.620. The second kappa shape index (κ2) is 6.06. The Morgan fingerprint density at radius 3 is 2.58 bits per heavy atom. The molecule has 1 fully saturated rings. The number of benzene rings is 2. The van der Waals surface area contributed by atoms with Gasteiger partial charge in [0.05, 0.1) is 0 Å². The first-order chi connectivity index (χ1) is 9.34. The fourth-order valence-electron chi connectivity index (χ4n) is 2.58. The van der Waals surface area contributed by atoms with Crippen molar-refractivity contribution >= 4 is 26.7 Å². The number of nitrogens with one attached hydrogen (secondary N) is 1. The lowest BCUT2D eigenvalue weighted by Gasteiger charge is -2.08. The van der Waals surface area contributed by atoms with Crippen LogP contribution < -0.4 is 5.32 Å².